The van der Waals surface area contributed by atoms with Crippen LogP contribution in [0.4, 0.5) is 0 Å². The zero-order valence-electron chi connectivity index (χ0n) is 12.2. The summed E-state index contributed by atoms with van der Waals surface area (Å²) >= 11 is 0. The lowest BCUT2D eigenvalue weighted by atomic mass is 10.1. The summed E-state index contributed by atoms with van der Waals surface area (Å²) in [6.07, 6.45) is 3.16. The topological polar surface area (TPSA) is 52.6 Å². The Balaban J connectivity index is 1.97. The summed E-state index contributed by atoms with van der Waals surface area (Å²) in [7, 11) is -3.48. The highest BCUT2D eigenvalue weighted by atomic mass is 32.2. The molecule has 1 aromatic rings. The maximum atomic E-state index is 12.8. The van der Waals surface area contributed by atoms with Crippen molar-refractivity contribution in [2.45, 2.75) is 43.6 Å². The van der Waals surface area contributed by atoms with Crippen molar-refractivity contribution in [2.24, 2.45) is 0 Å². The van der Waals surface area contributed by atoms with Crippen molar-refractivity contribution in [3.63, 3.8) is 0 Å². The molecule has 0 aliphatic carbocycles. The quantitative estimate of drug-likeness (QED) is 0.861. The first-order chi connectivity index (χ1) is 10.1. The fourth-order valence-electron chi connectivity index (χ4n) is 2.80. The number of benzene rings is 1. The van der Waals surface area contributed by atoms with E-state index in [0.29, 0.717) is 35.2 Å². The van der Waals surface area contributed by atoms with Crippen LogP contribution in [0.1, 0.15) is 31.2 Å². The van der Waals surface area contributed by atoms with Crippen molar-refractivity contribution in [1.29, 1.82) is 0 Å². The van der Waals surface area contributed by atoms with E-state index in [-0.39, 0.29) is 6.10 Å². The summed E-state index contributed by atoms with van der Waals surface area (Å²) in [6, 6.07) is 6.96. The Hall–Kier alpha value is -1.33. The fraction of sp³-hybridized carbons (Fsp3) is 0.500. The van der Waals surface area contributed by atoms with E-state index in [1.807, 2.05) is 19.1 Å². The predicted molar refractivity (Wildman–Crippen MR) is 79.6 cm³/mol. The molecule has 1 fully saturated rings. The second kappa shape index (κ2) is 5.81. The Kier molecular flexibility index (Phi) is 4.04. The van der Waals surface area contributed by atoms with Gasteiger partial charge < -0.3 is 9.47 Å². The largest absolute Gasteiger partial charge is 0.494 e. The second-order valence-electron chi connectivity index (χ2n) is 5.56. The van der Waals surface area contributed by atoms with Crippen molar-refractivity contribution in [2.75, 3.05) is 13.2 Å². The molecule has 2 aliphatic heterocycles. The number of ether oxygens (including phenoxy) is 2. The number of sulfone groups is 1. The van der Waals surface area contributed by atoms with Crippen LogP contribution in [-0.2, 0) is 19.3 Å². The minimum absolute atomic E-state index is 0.198. The van der Waals surface area contributed by atoms with E-state index >= 15 is 0 Å². The van der Waals surface area contributed by atoms with Crippen LogP contribution in [0.5, 0.6) is 0 Å². The highest BCUT2D eigenvalue weighted by Gasteiger charge is 2.34. The zero-order chi connectivity index (χ0) is 14.9. The first-order valence-electron chi connectivity index (χ1n) is 7.38. The van der Waals surface area contributed by atoms with Gasteiger partial charge in [-0.2, -0.15) is 0 Å². The SMILES string of the molecule is Cc1ccc(S(=O)(=O)C2=C([C@@H]3CCCCO3)OCC2)cc1. The first kappa shape index (κ1) is 14.6. The monoisotopic (exact) mass is 308 g/mol. The van der Waals surface area contributed by atoms with Gasteiger partial charge in [0.05, 0.1) is 16.4 Å². The number of hydrogen-bond donors (Lipinski definition) is 0. The van der Waals surface area contributed by atoms with E-state index in [4.69, 9.17) is 9.47 Å². The summed E-state index contributed by atoms with van der Waals surface area (Å²) in [4.78, 5) is 0.736. The standard InChI is InChI=1S/C16H20O4S/c1-12-5-7-13(8-6-12)21(17,18)15-9-11-20-16(15)14-4-2-3-10-19-14/h5-8,14H,2-4,9-11H2,1H3/t14-/m0/s1. The molecule has 1 aromatic carbocycles. The van der Waals surface area contributed by atoms with Gasteiger partial charge in [0.2, 0.25) is 9.84 Å². The Morgan fingerprint density at radius 1 is 1.10 bits per heavy atom. The van der Waals surface area contributed by atoms with E-state index in [9.17, 15) is 8.42 Å². The van der Waals surface area contributed by atoms with Gasteiger partial charge in [-0.1, -0.05) is 17.7 Å². The van der Waals surface area contributed by atoms with Crippen molar-refractivity contribution >= 4 is 9.84 Å². The first-order valence-corrected chi connectivity index (χ1v) is 8.86. The minimum Gasteiger partial charge on any atom is -0.494 e. The van der Waals surface area contributed by atoms with Gasteiger partial charge in [0.15, 0.2) is 0 Å². The molecule has 0 amide bonds. The smallest absolute Gasteiger partial charge is 0.206 e. The van der Waals surface area contributed by atoms with E-state index in [1.165, 1.54) is 0 Å². The van der Waals surface area contributed by atoms with Crippen molar-refractivity contribution in [3.05, 3.63) is 40.5 Å². The minimum atomic E-state index is -3.48. The Bertz CT molecular complexity index is 637. The summed E-state index contributed by atoms with van der Waals surface area (Å²) in [6.45, 7) is 3.04. The molecule has 21 heavy (non-hydrogen) atoms. The van der Waals surface area contributed by atoms with Gasteiger partial charge in [-0.25, -0.2) is 8.42 Å². The highest BCUT2D eigenvalue weighted by molar-refractivity contribution is 7.95. The fourth-order valence-corrected chi connectivity index (χ4v) is 4.39. The molecule has 2 heterocycles. The molecular weight excluding hydrogens is 288 g/mol. The molecule has 2 aliphatic rings. The van der Waals surface area contributed by atoms with Crippen molar-refractivity contribution in [1.82, 2.24) is 0 Å². The maximum absolute atomic E-state index is 12.8. The molecule has 0 bridgehead atoms. The average Bonchev–Trinajstić information content (AvgIpc) is 2.99. The number of aryl methyl sites for hydroxylation is 1. The summed E-state index contributed by atoms with van der Waals surface area (Å²) < 4.78 is 36.9. The Morgan fingerprint density at radius 2 is 1.86 bits per heavy atom. The van der Waals surface area contributed by atoms with Crippen LogP contribution in [0.25, 0.3) is 0 Å². The van der Waals surface area contributed by atoms with Crippen LogP contribution >= 0.6 is 0 Å². The van der Waals surface area contributed by atoms with E-state index in [0.717, 1.165) is 24.8 Å². The van der Waals surface area contributed by atoms with Gasteiger partial charge in [0.1, 0.15) is 11.9 Å². The molecule has 114 valence electrons. The van der Waals surface area contributed by atoms with Crippen LogP contribution in [0.2, 0.25) is 0 Å². The van der Waals surface area contributed by atoms with E-state index in [2.05, 4.69) is 0 Å². The van der Waals surface area contributed by atoms with Crippen LogP contribution < -0.4 is 0 Å². The molecule has 1 saturated heterocycles. The molecule has 0 radical (unpaired) electrons. The van der Waals surface area contributed by atoms with Gasteiger partial charge in [0, 0.05) is 13.0 Å². The molecule has 0 saturated carbocycles. The molecule has 3 rings (SSSR count). The predicted octanol–water partition coefficient (Wildman–Crippen LogP) is 2.97. The summed E-state index contributed by atoms with van der Waals surface area (Å²) in [5.41, 5.74) is 1.04. The molecule has 5 heteroatoms. The molecule has 0 spiro atoms. The van der Waals surface area contributed by atoms with Crippen LogP contribution in [-0.4, -0.2) is 27.7 Å². The van der Waals surface area contributed by atoms with Crippen molar-refractivity contribution < 1.29 is 17.9 Å². The molecule has 4 nitrogen and oxygen atoms in total. The molecule has 0 N–H and O–H groups in total. The maximum Gasteiger partial charge on any atom is 0.206 e. The number of hydrogen-bond acceptors (Lipinski definition) is 4. The summed E-state index contributed by atoms with van der Waals surface area (Å²) in [5.74, 6) is 0.537. The zero-order valence-corrected chi connectivity index (χ0v) is 13.0. The lowest BCUT2D eigenvalue weighted by Crippen LogP contribution is -2.23. The van der Waals surface area contributed by atoms with Gasteiger partial charge in [-0.3, -0.25) is 0 Å². The van der Waals surface area contributed by atoms with Gasteiger partial charge in [-0.05, 0) is 38.3 Å². The van der Waals surface area contributed by atoms with Crippen LogP contribution in [0, 0.1) is 6.92 Å². The Labute approximate surface area is 125 Å². The van der Waals surface area contributed by atoms with Gasteiger partial charge in [0.25, 0.3) is 0 Å². The molecule has 0 unspecified atom stereocenters. The van der Waals surface area contributed by atoms with Crippen LogP contribution in [0.3, 0.4) is 0 Å². The summed E-state index contributed by atoms with van der Waals surface area (Å²) in [5, 5.41) is 0. The van der Waals surface area contributed by atoms with E-state index < -0.39 is 9.84 Å². The molecule has 1 atom stereocenters. The second-order valence-corrected chi connectivity index (χ2v) is 7.53. The number of rotatable bonds is 3. The van der Waals surface area contributed by atoms with E-state index in [1.54, 1.807) is 12.1 Å². The van der Waals surface area contributed by atoms with Gasteiger partial charge >= 0.3 is 0 Å². The third kappa shape index (κ3) is 2.85. The molecule has 0 aromatic heterocycles. The molecular formula is C16H20O4S. The van der Waals surface area contributed by atoms with Crippen molar-refractivity contribution in [3.8, 4) is 0 Å². The lowest BCUT2D eigenvalue weighted by Gasteiger charge is -2.24. The third-order valence-electron chi connectivity index (χ3n) is 3.99. The normalized spacial score (nSPS) is 23.2. The average molecular weight is 308 g/mol. The highest BCUT2D eigenvalue weighted by Crippen LogP contribution is 2.34. The van der Waals surface area contributed by atoms with Crippen LogP contribution in [0.15, 0.2) is 39.8 Å². The lowest BCUT2D eigenvalue weighted by molar-refractivity contribution is 0.00535. The third-order valence-corrected chi connectivity index (χ3v) is 5.94. The Morgan fingerprint density at radius 3 is 2.52 bits per heavy atom. The van der Waals surface area contributed by atoms with Gasteiger partial charge in [-0.15, -0.1) is 0 Å².